The van der Waals surface area contributed by atoms with Crippen LogP contribution in [0.1, 0.15) is 11.6 Å². The lowest BCUT2D eigenvalue weighted by Gasteiger charge is -2.36. The van der Waals surface area contributed by atoms with E-state index in [1.807, 2.05) is 54.5 Å². The van der Waals surface area contributed by atoms with Crippen LogP contribution in [0.2, 0.25) is 0 Å². The second-order valence-corrected chi connectivity index (χ2v) is 7.09. The highest BCUT2D eigenvalue weighted by atomic mass is 35.5. The molecule has 10 heteroatoms. The van der Waals surface area contributed by atoms with Gasteiger partial charge in [0.1, 0.15) is 11.9 Å². The van der Waals surface area contributed by atoms with Gasteiger partial charge in [0.05, 0.1) is 6.20 Å². The summed E-state index contributed by atoms with van der Waals surface area (Å²) < 4.78 is 1.71. The van der Waals surface area contributed by atoms with Crippen LogP contribution in [0.15, 0.2) is 55.0 Å². The number of aromatic nitrogens is 4. The Morgan fingerprint density at radius 1 is 1.06 bits per heavy atom. The maximum atomic E-state index is 13.0. The number of halogens is 2. The molecule has 3 aromatic rings. The van der Waals surface area contributed by atoms with Crippen molar-refractivity contribution in [2.24, 2.45) is 7.05 Å². The Bertz CT molecular complexity index is 975. The van der Waals surface area contributed by atoms with E-state index in [4.69, 9.17) is 4.98 Å². The van der Waals surface area contributed by atoms with Gasteiger partial charge in [0.15, 0.2) is 5.82 Å². The third-order valence-electron chi connectivity index (χ3n) is 5.18. The quantitative estimate of drug-likeness (QED) is 0.625. The van der Waals surface area contributed by atoms with Crippen molar-refractivity contribution < 1.29 is 4.79 Å². The van der Waals surface area contributed by atoms with Gasteiger partial charge >= 0.3 is 0 Å². The number of rotatable bonds is 5. The minimum Gasteiger partial charge on any atom is -0.353 e. The van der Waals surface area contributed by atoms with E-state index in [0.717, 1.165) is 30.0 Å². The molecule has 1 N–H and O–H groups in total. The average Bonchev–Trinajstić information content (AvgIpc) is 3.21. The summed E-state index contributed by atoms with van der Waals surface area (Å²) >= 11 is 0. The summed E-state index contributed by atoms with van der Waals surface area (Å²) in [6.07, 6.45) is 5.41. The number of carbonyl (C=O) groups is 1. The lowest BCUT2D eigenvalue weighted by Crippen LogP contribution is -2.51. The van der Waals surface area contributed by atoms with Gasteiger partial charge in [-0.05, 0) is 13.1 Å². The highest BCUT2D eigenvalue weighted by Crippen LogP contribution is 2.21. The van der Waals surface area contributed by atoms with Crippen LogP contribution in [0.4, 0.5) is 5.82 Å². The Labute approximate surface area is 194 Å². The third-order valence-corrected chi connectivity index (χ3v) is 5.18. The molecule has 8 nitrogen and oxygen atoms in total. The molecule has 1 aliphatic heterocycles. The largest absolute Gasteiger partial charge is 0.353 e. The van der Waals surface area contributed by atoms with Gasteiger partial charge < -0.3 is 15.1 Å². The summed E-state index contributed by atoms with van der Waals surface area (Å²) in [6, 6.07) is 11.5. The lowest BCUT2D eigenvalue weighted by atomic mass is 10.1. The van der Waals surface area contributed by atoms with E-state index in [9.17, 15) is 4.79 Å². The standard InChI is InChI=1S/C21H25N7O.2ClH/c1-22-19(17-14-24-26(2)15-17)21(29)28-12-10-27(11-13-28)18-8-9-23-20(25-18)16-6-4-3-5-7-16;;/h3-9,14-15,19,22H,10-13H2,1-2H3;2*1H. The Hall–Kier alpha value is -2.68. The molecule has 4 rings (SSSR count). The number of piperazine rings is 1. The van der Waals surface area contributed by atoms with E-state index in [0.29, 0.717) is 18.9 Å². The molecule has 166 valence electrons. The first-order valence-electron chi connectivity index (χ1n) is 9.73. The zero-order chi connectivity index (χ0) is 20.2. The second kappa shape index (κ2) is 11.1. The maximum absolute atomic E-state index is 13.0. The Morgan fingerprint density at radius 3 is 2.39 bits per heavy atom. The predicted octanol–water partition coefficient (Wildman–Crippen LogP) is 2.33. The number of nitrogens with zero attached hydrogens (tertiary/aromatic N) is 6. The van der Waals surface area contributed by atoms with Gasteiger partial charge in [0.2, 0.25) is 5.91 Å². The van der Waals surface area contributed by atoms with Crippen LogP contribution >= 0.6 is 24.8 Å². The van der Waals surface area contributed by atoms with Crippen LogP contribution in [0, 0.1) is 0 Å². The van der Waals surface area contributed by atoms with Gasteiger partial charge in [-0.3, -0.25) is 9.48 Å². The summed E-state index contributed by atoms with van der Waals surface area (Å²) in [5.41, 5.74) is 1.88. The molecule has 0 bridgehead atoms. The van der Waals surface area contributed by atoms with Crippen LogP contribution in [0.25, 0.3) is 11.4 Å². The number of hydrogen-bond acceptors (Lipinski definition) is 6. The van der Waals surface area contributed by atoms with Crippen molar-refractivity contribution in [3.8, 4) is 11.4 Å². The fourth-order valence-electron chi connectivity index (χ4n) is 3.61. The molecule has 1 atom stereocenters. The summed E-state index contributed by atoms with van der Waals surface area (Å²) in [6.45, 7) is 2.78. The van der Waals surface area contributed by atoms with E-state index in [-0.39, 0.29) is 36.8 Å². The molecule has 1 aromatic carbocycles. The molecule has 1 amide bonds. The molecular formula is C21H27Cl2N7O. The fraction of sp³-hybridized carbons (Fsp3) is 0.333. The van der Waals surface area contributed by atoms with Crippen molar-refractivity contribution in [3.63, 3.8) is 0 Å². The number of nitrogens with one attached hydrogen (secondary N) is 1. The van der Waals surface area contributed by atoms with Gasteiger partial charge in [0, 0.05) is 56.7 Å². The number of aryl methyl sites for hydroxylation is 1. The van der Waals surface area contributed by atoms with Gasteiger partial charge in [-0.25, -0.2) is 9.97 Å². The smallest absolute Gasteiger partial charge is 0.244 e. The zero-order valence-corrected chi connectivity index (χ0v) is 19.1. The molecule has 3 heterocycles. The highest BCUT2D eigenvalue weighted by molar-refractivity contribution is 5.85. The first kappa shape index (κ1) is 24.6. The highest BCUT2D eigenvalue weighted by Gasteiger charge is 2.28. The number of hydrogen-bond donors (Lipinski definition) is 1. The maximum Gasteiger partial charge on any atom is 0.244 e. The second-order valence-electron chi connectivity index (χ2n) is 7.09. The van der Waals surface area contributed by atoms with Crippen molar-refractivity contribution in [1.82, 2.24) is 30.0 Å². The van der Waals surface area contributed by atoms with Gasteiger partial charge in [-0.15, -0.1) is 24.8 Å². The van der Waals surface area contributed by atoms with Crippen LogP contribution in [0.3, 0.4) is 0 Å². The predicted molar refractivity (Wildman–Crippen MR) is 126 cm³/mol. The Morgan fingerprint density at radius 2 is 1.77 bits per heavy atom. The minimum atomic E-state index is -0.376. The number of amides is 1. The van der Waals surface area contributed by atoms with E-state index in [2.05, 4.69) is 20.3 Å². The average molecular weight is 464 g/mol. The van der Waals surface area contributed by atoms with Gasteiger partial charge in [0.25, 0.3) is 0 Å². The monoisotopic (exact) mass is 463 g/mol. The van der Waals surface area contributed by atoms with Crippen LogP contribution < -0.4 is 10.2 Å². The molecule has 0 saturated carbocycles. The summed E-state index contributed by atoms with van der Waals surface area (Å²) in [7, 11) is 3.66. The number of anilines is 1. The van der Waals surface area contributed by atoms with E-state index in [1.165, 1.54) is 0 Å². The summed E-state index contributed by atoms with van der Waals surface area (Å²) in [5.74, 6) is 1.68. The molecule has 2 aromatic heterocycles. The van der Waals surface area contributed by atoms with E-state index in [1.54, 1.807) is 24.1 Å². The Kier molecular flexibility index (Phi) is 8.79. The summed E-state index contributed by atoms with van der Waals surface area (Å²) in [4.78, 5) is 26.2. The molecule has 1 fully saturated rings. The van der Waals surface area contributed by atoms with Crippen LogP contribution in [0.5, 0.6) is 0 Å². The lowest BCUT2D eigenvalue weighted by molar-refractivity contribution is -0.133. The molecule has 0 aliphatic carbocycles. The molecular weight excluding hydrogens is 437 g/mol. The third kappa shape index (κ3) is 5.52. The van der Waals surface area contributed by atoms with Crippen LogP contribution in [-0.2, 0) is 11.8 Å². The molecule has 1 saturated heterocycles. The topological polar surface area (TPSA) is 79.2 Å². The van der Waals surface area contributed by atoms with Crippen LogP contribution in [-0.4, -0.2) is 63.8 Å². The first-order valence-corrected chi connectivity index (χ1v) is 9.73. The Balaban J connectivity index is 0.00000171. The normalized spacial score (nSPS) is 14.4. The molecule has 1 aliphatic rings. The summed E-state index contributed by atoms with van der Waals surface area (Å²) in [5, 5.41) is 7.30. The SMILES string of the molecule is CNC(C(=O)N1CCN(c2ccnc(-c3ccccc3)n2)CC1)c1cnn(C)c1.Cl.Cl. The molecule has 0 radical (unpaired) electrons. The number of carbonyl (C=O) groups excluding carboxylic acids is 1. The minimum absolute atomic E-state index is 0. The molecule has 31 heavy (non-hydrogen) atoms. The zero-order valence-electron chi connectivity index (χ0n) is 17.5. The molecule has 1 unspecified atom stereocenters. The van der Waals surface area contributed by atoms with E-state index >= 15 is 0 Å². The first-order chi connectivity index (χ1) is 14.2. The van der Waals surface area contributed by atoms with Crippen molar-refractivity contribution >= 4 is 36.5 Å². The van der Waals surface area contributed by atoms with Crippen molar-refractivity contribution in [1.29, 1.82) is 0 Å². The van der Waals surface area contributed by atoms with Crippen molar-refractivity contribution in [3.05, 3.63) is 60.6 Å². The number of likely N-dealkylation sites (N-methyl/N-ethyl adjacent to an activating group) is 1. The van der Waals surface area contributed by atoms with Gasteiger partial charge in [-0.1, -0.05) is 30.3 Å². The van der Waals surface area contributed by atoms with Crippen molar-refractivity contribution in [2.45, 2.75) is 6.04 Å². The fourth-order valence-corrected chi connectivity index (χ4v) is 3.61. The van der Waals surface area contributed by atoms with Gasteiger partial charge in [-0.2, -0.15) is 5.10 Å². The molecule has 0 spiro atoms. The van der Waals surface area contributed by atoms with E-state index < -0.39 is 0 Å². The van der Waals surface area contributed by atoms with Crippen molar-refractivity contribution in [2.75, 3.05) is 38.1 Å². The number of benzene rings is 1.